The monoisotopic (exact) mass is 177 g/mol. The molecule has 0 spiro atoms. The minimum Gasteiger partial charge on any atom is -0.383 e. The van der Waals surface area contributed by atoms with Gasteiger partial charge in [0.2, 0.25) is 5.91 Å². The summed E-state index contributed by atoms with van der Waals surface area (Å²) < 4.78 is 0. The molecular formula is C9H11N3O. The first-order chi connectivity index (χ1) is 6.27. The number of nitrogens with one attached hydrogen (secondary N) is 1. The van der Waals surface area contributed by atoms with Crippen LogP contribution < -0.4 is 11.1 Å². The van der Waals surface area contributed by atoms with Crippen LogP contribution in [0.3, 0.4) is 0 Å². The molecule has 0 saturated carbocycles. The van der Waals surface area contributed by atoms with E-state index >= 15 is 0 Å². The lowest BCUT2D eigenvalue weighted by Crippen LogP contribution is -2.34. The first-order valence-electron chi connectivity index (χ1n) is 4.23. The largest absolute Gasteiger partial charge is 0.383 e. The average Bonchev–Trinajstić information content (AvgIpc) is 2.17. The maximum Gasteiger partial charge on any atom is 0.222 e. The highest BCUT2D eigenvalue weighted by atomic mass is 16.1. The molecule has 4 nitrogen and oxygen atoms in total. The maximum atomic E-state index is 10.9. The van der Waals surface area contributed by atoms with E-state index < -0.39 is 0 Å². The van der Waals surface area contributed by atoms with Gasteiger partial charge in [0.25, 0.3) is 0 Å². The highest BCUT2D eigenvalue weighted by Gasteiger charge is 2.21. The average molecular weight is 177 g/mol. The zero-order valence-corrected chi connectivity index (χ0v) is 7.16. The molecule has 13 heavy (non-hydrogen) atoms. The predicted molar refractivity (Wildman–Crippen MR) is 49.1 cm³/mol. The molecule has 1 atom stereocenters. The van der Waals surface area contributed by atoms with Gasteiger partial charge < -0.3 is 11.1 Å². The lowest BCUT2D eigenvalue weighted by molar-refractivity contribution is -0.121. The van der Waals surface area contributed by atoms with Crippen LogP contribution in [0.4, 0.5) is 5.69 Å². The van der Waals surface area contributed by atoms with E-state index in [0.717, 1.165) is 17.7 Å². The Labute approximate surface area is 76.2 Å². The van der Waals surface area contributed by atoms with Gasteiger partial charge in [-0.15, -0.1) is 0 Å². The molecule has 0 fully saturated rings. The van der Waals surface area contributed by atoms with E-state index in [2.05, 4.69) is 10.3 Å². The number of nitrogens with two attached hydrogens (primary N) is 1. The Hall–Kier alpha value is -1.58. The number of hydrogen-bond acceptors (Lipinski definition) is 3. The summed E-state index contributed by atoms with van der Waals surface area (Å²) in [6.45, 7) is 0.619. The Morgan fingerprint density at radius 2 is 2.54 bits per heavy atom. The van der Waals surface area contributed by atoms with E-state index in [4.69, 9.17) is 5.73 Å². The van der Waals surface area contributed by atoms with E-state index in [1.165, 1.54) is 0 Å². The molecule has 1 amide bonds. The van der Waals surface area contributed by atoms with Crippen LogP contribution in [0.2, 0.25) is 0 Å². The Morgan fingerprint density at radius 1 is 1.69 bits per heavy atom. The van der Waals surface area contributed by atoms with Gasteiger partial charge in [0.15, 0.2) is 0 Å². The molecular weight excluding hydrogens is 166 g/mol. The summed E-state index contributed by atoms with van der Waals surface area (Å²) in [4.78, 5) is 14.9. The van der Waals surface area contributed by atoms with Crippen molar-refractivity contribution in [3.8, 4) is 0 Å². The van der Waals surface area contributed by atoms with Gasteiger partial charge in [0.1, 0.15) is 0 Å². The van der Waals surface area contributed by atoms with Gasteiger partial charge in [-0.1, -0.05) is 0 Å². The zero-order valence-electron chi connectivity index (χ0n) is 7.16. The Kier molecular flexibility index (Phi) is 1.88. The maximum absolute atomic E-state index is 10.9. The van der Waals surface area contributed by atoms with Crippen molar-refractivity contribution in [3.05, 3.63) is 24.0 Å². The van der Waals surface area contributed by atoms with Crippen LogP contribution in [0, 0.1) is 5.92 Å². The molecule has 2 heterocycles. The lowest BCUT2D eigenvalue weighted by atomic mass is 9.95. The lowest BCUT2D eigenvalue weighted by Gasteiger charge is -2.23. The van der Waals surface area contributed by atoms with Crippen LogP contribution in [0.15, 0.2) is 18.5 Å². The highest BCUT2D eigenvalue weighted by Crippen LogP contribution is 2.22. The zero-order chi connectivity index (χ0) is 9.26. The number of nitrogens with zero attached hydrogens (tertiary/aromatic N) is 1. The first kappa shape index (κ1) is 8.04. The van der Waals surface area contributed by atoms with E-state index in [9.17, 15) is 4.79 Å². The number of aromatic nitrogens is 1. The Bertz CT molecular complexity index is 337. The second-order valence-corrected chi connectivity index (χ2v) is 3.22. The van der Waals surface area contributed by atoms with E-state index in [1.54, 1.807) is 12.4 Å². The van der Waals surface area contributed by atoms with Crippen molar-refractivity contribution in [2.75, 3.05) is 11.9 Å². The fourth-order valence-electron chi connectivity index (χ4n) is 1.53. The third kappa shape index (κ3) is 1.47. The number of primary amides is 1. The summed E-state index contributed by atoms with van der Waals surface area (Å²) >= 11 is 0. The fraction of sp³-hybridized carbons (Fsp3) is 0.333. The van der Waals surface area contributed by atoms with Crippen LogP contribution in [-0.2, 0) is 11.2 Å². The standard InChI is InChI=1S/C9H11N3O/c10-9(13)7-3-6-1-2-11-5-8(6)12-4-7/h1-2,5,7,12H,3-4H2,(H2,10,13). The number of anilines is 1. The molecule has 0 aliphatic carbocycles. The summed E-state index contributed by atoms with van der Waals surface area (Å²) in [6.07, 6.45) is 4.22. The van der Waals surface area contributed by atoms with Crippen LogP contribution in [0.1, 0.15) is 5.56 Å². The number of rotatable bonds is 1. The molecule has 4 heteroatoms. The summed E-state index contributed by atoms with van der Waals surface area (Å²) in [5, 5.41) is 3.13. The van der Waals surface area contributed by atoms with E-state index in [-0.39, 0.29) is 11.8 Å². The van der Waals surface area contributed by atoms with Crippen molar-refractivity contribution in [2.45, 2.75) is 6.42 Å². The van der Waals surface area contributed by atoms with Gasteiger partial charge >= 0.3 is 0 Å². The SMILES string of the molecule is NC(=O)C1CNc2cnccc2C1. The molecule has 1 aromatic rings. The molecule has 0 aromatic carbocycles. The van der Waals surface area contributed by atoms with Crippen molar-refractivity contribution < 1.29 is 4.79 Å². The first-order valence-corrected chi connectivity index (χ1v) is 4.23. The summed E-state index contributed by atoms with van der Waals surface area (Å²) in [5.74, 6) is -0.329. The summed E-state index contributed by atoms with van der Waals surface area (Å²) in [5.41, 5.74) is 7.36. The van der Waals surface area contributed by atoms with Gasteiger partial charge in [-0.25, -0.2) is 0 Å². The van der Waals surface area contributed by atoms with Gasteiger partial charge in [0.05, 0.1) is 17.8 Å². The van der Waals surface area contributed by atoms with Crippen LogP contribution >= 0.6 is 0 Å². The number of hydrogen-bond donors (Lipinski definition) is 2. The molecule has 0 radical (unpaired) electrons. The highest BCUT2D eigenvalue weighted by molar-refractivity contribution is 5.78. The molecule has 68 valence electrons. The Balaban J connectivity index is 2.24. The molecule has 0 saturated heterocycles. The number of amides is 1. The second-order valence-electron chi connectivity index (χ2n) is 3.22. The molecule has 3 N–H and O–H groups in total. The number of fused-ring (bicyclic) bond motifs is 1. The van der Waals surface area contributed by atoms with Crippen molar-refractivity contribution in [1.82, 2.24) is 4.98 Å². The second kappa shape index (κ2) is 3.05. The van der Waals surface area contributed by atoms with Crippen molar-refractivity contribution in [3.63, 3.8) is 0 Å². The predicted octanol–water partition coefficient (Wildman–Crippen LogP) is 0.151. The third-order valence-corrected chi connectivity index (χ3v) is 2.32. The molecule has 1 unspecified atom stereocenters. The van der Waals surface area contributed by atoms with Crippen molar-refractivity contribution in [2.24, 2.45) is 11.7 Å². The van der Waals surface area contributed by atoms with Crippen molar-refractivity contribution in [1.29, 1.82) is 0 Å². The Morgan fingerprint density at radius 3 is 3.31 bits per heavy atom. The smallest absolute Gasteiger partial charge is 0.222 e. The molecule has 1 aliphatic rings. The number of carbonyl (C=O) groups is 1. The quantitative estimate of drug-likeness (QED) is 0.641. The van der Waals surface area contributed by atoms with E-state index in [1.807, 2.05) is 6.07 Å². The van der Waals surface area contributed by atoms with Gasteiger partial charge in [-0.2, -0.15) is 0 Å². The number of carbonyl (C=O) groups excluding carboxylic acids is 1. The van der Waals surface area contributed by atoms with Crippen molar-refractivity contribution >= 4 is 11.6 Å². The number of pyridine rings is 1. The van der Waals surface area contributed by atoms with Gasteiger partial charge in [-0.3, -0.25) is 9.78 Å². The minimum absolute atomic E-state index is 0.0881. The molecule has 2 rings (SSSR count). The third-order valence-electron chi connectivity index (χ3n) is 2.32. The van der Waals surface area contributed by atoms with Gasteiger partial charge in [-0.05, 0) is 18.1 Å². The van der Waals surface area contributed by atoms with Crippen LogP contribution in [-0.4, -0.2) is 17.4 Å². The fourth-order valence-corrected chi connectivity index (χ4v) is 1.53. The summed E-state index contributed by atoms with van der Waals surface area (Å²) in [7, 11) is 0. The molecule has 1 aromatic heterocycles. The van der Waals surface area contributed by atoms with Crippen LogP contribution in [0.5, 0.6) is 0 Å². The van der Waals surface area contributed by atoms with Gasteiger partial charge in [0, 0.05) is 12.7 Å². The molecule has 0 bridgehead atoms. The molecule has 1 aliphatic heterocycles. The normalized spacial score (nSPS) is 20.2. The van der Waals surface area contributed by atoms with E-state index in [0.29, 0.717) is 6.54 Å². The summed E-state index contributed by atoms with van der Waals surface area (Å²) in [6, 6.07) is 1.91. The van der Waals surface area contributed by atoms with Crippen LogP contribution in [0.25, 0.3) is 0 Å². The topological polar surface area (TPSA) is 68.0 Å². The minimum atomic E-state index is -0.241.